The van der Waals surface area contributed by atoms with Crippen LogP contribution in [0.3, 0.4) is 0 Å². The van der Waals surface area contributed by atoms with E-state index >= 15 is 0 Å². The predicted molar refractivity (Wildman–Crippen MR) is 134 cm³/mol. The number of benzene rings is 3. The molecule has 0 bridgehead atoms. The molecule has 5 rings (SSSR count). The van der Waals surface area contributed by atoms with E-state index in [1.807, 2.05) is 54.6 Å². The maximum atomic E-state index is 12.9. The Morgan fingerprint density at radius 3 is 2.64 bits per heavy atom. The van der Waals surface area contributed by atoms with E-state index in [1.54, 1.807) is 13.0 Å². The molecular formula is C26H27N3O3S. The number of hydrogen-bond acceptors (Lipinski definition) is 5. The number of piperidine rings is 1. The lowest BCUT2D eigenvalue weighted by Crippen LogP contribution is -2.34. The fraction of sp³-hybridized carbons (Fsp3) is 0.269. The minimum atomic E-state index is -3.58. The molecule has 0 amide bonds. The summed E-state index contributed by atoms with van der Waals surface area (Å²) in [5.74, 6) is 0.768. The van der Waals surface area contributed by atoms with Crippen LogP contribution < -0.4 is 14.4 Å². The summed E-state index contributed by atoms with van der Waals surface area (Å²) in [6.45, 7) is 3.90. The van der Waals surface area contributed by atoms with Gasteiger partial charge in [-0.25, -0.2) is 8.42 Å². The zero-order valence-corrected chi connectivity index (χ0v) is 19.4. The second kappa shape index (κ2) is 8.65. The van der Waals surface area contributed by atoms with Gasteiger partial charge in [0.05, 0.1) is 17.6 Å². The van der Waals surface area contributed by atoms with Gasteiger partial charge in [-0.15, -0.1) is 0 Å². The smallest absolute Gasteiger partial charge is 0.257 e. The number of rotatable bonds is 5. The summed E-state index contributed by atoms with van der Waals surface area (Å²) in [6, 6.07) is 17.5. The molecule has 1 fully saturated rings. The van der Waals surface area contributed by atoms with Gasteiger partial charge >= 0.3 is 0 Å². The van der Waals surface area contributed by atoms with Crippen molar-refractivity contribution in [1.82, 2.24) is 5.32 Å². The number of hydrogen-bond donors (Lipinski definition) is 2. The highest BCUT2D eigenvalue weighted by molar-refractivity contribution is 7.95. The lowest BCUT2D eigenvalue weighted by Gasteiger charge is -2.29. The van der Waals surface area contributed by atoms with Gasteiger partial charge in [-0.3, -0.25) is 4.31 Å². The standard InChI is InChI=1S/C26H27N3O3S/c1-18(27)21-5-4-20-3-2-19(14-23(20)15-21)17-29-26-7-6-25(32-24-8-11-28-12-9-24)16-22(26)10-13-33(29,30)31/h2-7,10,13-16,24,27-28H,8-9,11-12,17H2,1H3. The Labute approximate surface area is 194 Å². The molecule has 0 aromatic heterocycles. The molecule has 1 saturated heterocycles. The third kappa shape index (κ3) is 4.51. The number of anilines is 1. The van der Waals surface area contributed by atoms with Crippen molar-refractivity contribution in [2.75, 3.05) is 17.4 Å². The zero-order chi connectivity index (χ0) is 23.0. The van der Waals surface area contributed by atoms with Crippen molar-refractivity contribution >= 4 is 38.3 Å². The molecule has 0 radical (unpaired) electrons. The molecule has 3 aromatic carbocycles. The average Bonchev–Trinajstić information content (AvgIpc) is 2.81. The van der Waals surface area contributed by atoms with Crippen LogP contribution in [0, 0.1) is 5.41 Å². The van der Waals surface area contributed by atoms with Crippen molar-refractivity contribution < 1.29 is 13.2 Å². The van der Waals surface area contributed by atoms with Crippen molar-refractivity contribution in [2.45, 2.75) is 32.4 Å². The van der Waals surface area contributed by atoms with Gasteiger partial charge in [-0.1, -0.05) is 24.3 Å². The van der Waals surface area contributed by atoms with E-state index in [-0.39, 0.29) is 12.6 Å². The monoisotopic (exact) mass is 461 g/mol. The van der Waals surface area contributed by atoms with Crippen LogP contribution in [0.15, 0.2) is 60.0 Å². The summed E-state index contributed by atoms with van der Waals surface area (Å²) in [5.41, 5.74) is 3.74. The molecular weight excluding hydrogens is 434 g/mol. The van der Waals surface area contributed by atoms with Crippen LogP contribution >= 0.6 is 0 Å². The number of sulfonamides is 1. The Morgan fingerprint density at radius 1 is 1.06 bits per heavy atom. The first-order valence-corrected chi connectivity index (χ1v) is 12.7. The van der Waals surface area contributed by atoms with Crippen LogP contribution in [0.25, 0.3) is 16.8 Å². The lowest BCUT2D eigenvalue weighted by molar-refractivity contribution is 0.162. The first kappa shape index (κ1) is 21.7. The summed E-state index contributed by atoms with van der Waals surface area (Å²) in [5, 5.41) is 14.5. The normalized spacial score (nSPS) is 17.7. The molecule has 2 N–H and O–H groups in total. The lowest BCUT2D eigenvalue weighted by atomic mass is 10.0. The second-order valence-corrected chi connectivity index (χ2v) is 10.4. The van der Waals surface area contributed by atoms with Crippen LogP contribution in [0.4, 0.5) is 5.69 Å². The molecule has 2 aliphatic heterocycles. The largest absolute Gasteiger partial charge is 0.490 e. The van der Waals surface area contributed by atoms with E-state index in [1.165, 1.54) is 9.71 Å². The van der Waals surface area contributed by atoms with Gasteiger partial charge in [-0.05, 0) is 91.2 Å². The Balaban J connectivity index is 1.44. The van der Waals surface area contributed by atoms with Gasteiger partial charge in [0.1, 0.15) is 11.9 Å². The quantitative estimate of drug-likeness (QED) is 0.541. The van der Waals surface area contributed by atoms with E-state index in [0.29, 0.717) is 11.4 Å². The fourth-order valence-electron chi connectivity index (χ4n) is 4.41. The highest BCUT2D eigenvalue weighted by atomic mass is 32.2. The SMILES string of the molecule is CC(=N)c1ccc2ccc(CN3c4ccc(OC5CCNCC5)cc4C=CS3(=O)=O)cc2c1. The third-order valence-electron chi connectivity index (χ3n) is 6.25. The molecule has 0 spiro atoms. The number of ether oxygens (including phenoxy) is 1. The van der Waals surface area contributed by atoms with Crippen LogP contribution in [0.2, 0.25) is 0 Å². The third-order valence-corrected chi connectivity index (χ3v) is 7.67. The van der Waals surface area contributed by atoms with E-state index in [9.17, 15) is 8.42 Å². The van der Waals surface area contributed by atoms with Gasteiger partial charge < -0.3 is 15.5 Å². The molecule has 2 heterocycles. The molecule has 0 unspecified atom stereocenters. The van der Waals surface area contributed by atoms with Crippen molar-refractivity contribution in [3.8, 4) is 5.75 Å². The van der Waals surface area contributed by atoms with Gasteiger partial charge in [0, 0.05) is 11.3 Å². The maximum Gasteiger partial charge on any atom is 0.257 e. The summed E-state index contributed by atoms with van der Waals surface area (Å²) in [4.78, 5) is 0. The second-order valence-electron chi connectivity index (χ2n) is 8.66. The maximum absolute atomic E-state index is 12.9. The molecule has 7 heteroatoms. The highest BCUT2D eigenvalue weighted by Crippen LogP contribution is 2.35. The van der Waals surface area contributed by atoms with E-state index in [0.717, 1.165) is 59.1 Å². The minimum Gasteiger partial charge on any atom is -0.490 e. The Kier molecular flexibility index (Phi) is 5.68. The molecule has 0 saturated carbocycles. The number of nitrogens with one attached hydrogen (secondary N) is 2. The number of fused-ring (bicyclic) bond motifs is 2. The minimum absolute atomic E-state index is 0.184. The average molecular weight is 462 g/mol. The van der Waals surface area contributed by atoms with Crippen LogP contribution in [0.1, 0.15) is 36.5 Å². The summed E-state index contributed by atoms with van der Waals surface area (Å²) < 4.78 is 33.5. The van der Waals surface area contributed by atoms with E-state index in [2.05, 4.69) is 5.32 Å². The first-order valence-electron chi connectivity index (χ1n) is 11.2. The molecule has 0 aliphatic carbocycles. The van der Waals surface area contributed by atoms with Crippen molar-refractivity contribution in [3.05, 3.63) is 76.7 Å². The summed E-state index contributed by atoms with van der Waals surface area (Å²) in [7, 11) is -3.58. The van der Waals surface area contributed by atoms with E-state index < -0.39 is 10.0 Å². The first-order chi connectivity index (χ1) is 15.9. The Bertz CT molecular complexity index is 1360. The predicted octanol–water partition coefficient (Wildman–Crippen LogP) is 4.68. The topological polar surface area (TPSA) is 82.5 Å². The van der Waals surface area contributed by atoms with Crippen molar-refractivity contribution in [1.29, 1.82) is 5.41 Å². The van der Waals surface area contributed by atoms with Gasteiger partial charge in [0.25, 0.3) is 10.0 Å². The molecule has 0 atom stereocenters. The molecule has 2 aliphatic rings. The van der Waals surface area contributed by atoms with Gasteiger partial charge in [0.15, 0.2) is 0 Å². The van der Waals surface area contributed by atoms with Crippen LogP contribution in [0.5, 0.6) is 5.75 Å². The van der Waals surface area contributed by atoms with Crippen LogP contribution in [-0.4, -0.2) is 33.3 Å². The molecule has 33 heavy (non-hydrogen) atoms. The number of nitrogens with zero attached hydrogens (tertiary/aromatic N) is 1. The van der Waals surface area contributed by atoms with Gasteiger partial charge in [0.2, 0.25) is 0 Å². The fourth-order valence-corrected chi connectivity index (χ4v) is 5.65. The molecule has 170 valence electrons. The van der Waals surface area contributed by atoms with Crippen LogP contribution in [-0.2, 0) is 16.6 Å². The Morgan fingerprint density at radius 2 is 1.85 bits per heavy atom. The van der Waals surface area contributed by atoms with E-state index in [4.69, 9.17) is 10.1 Å². The molecule has 3 aromatic rings. The molecule has 6 nitrogen and oxygen atoms in total. The highest BCUT2D eigenvalue weighted by Gasteiger charge is 2.27. The zero-order valence-electron chi connectivity index (χ0n) is 18.5. The van der Waals surface area contributed by atoms with Crippen molar-refractivity contribution in [3.63, 3.8) is 0 Å². The summed E-state index contributed by atoms with van der Waals surface area (Å²) in [6.07, 6.45) is 3.77. The van der Waals surface area contributed by atoms with Gasteiger partial charge in [-0.2, -0.15) is 0 Å². The van der Waals surface area contributed by atoms with Crippen molar-refractivity contribution in [2.24, 2.45) is 0 Å². The Hall–Kier alpha value is -3.16. The summed E-state index contributed by atoms with van der Waals surface area (Å²) >= 11 is 0.